The van der Waals surface area contributed by atoms with Crippen molar-refractivity contribution in [1.82, 2.24) is 5.32 Å². The molecule has 46 heavy (non-hydrogen) atoms. The summed E-state index contributed by atoms with van der Waals surface area (Å²) >= 11 is 0. The van der Waals surface area contributed by atoms with Crippen LogP contribution in [0.25, 0.3) is 0 Å². The van der Waals surface area contributed by atoms with E-state index in [1.54, 1.807) is 0 Å². The van der Waals surface area contributed by atoms with Gasteiger partial charge in [-0.15, -0.1) is 0 Å². The van der Waals surface area contributed by atoms with E-state index in [0.717, 1.165) is 25.7 Å². The molecule has 0 aliphatic rings. The summed E-state index contributed by atoms with van der Waals surface area (Å²) in [4.78, 5) is 24.1. The highest BCUT2D eigenvalue weighted by atomic mass is 16.2. The minimum atomic E-state index is -0.215. The molecule has 0 saturated carbocycles. The van der Waals surface area contributed by atoms with Gasteiger partial charge in [0, 0.05) is 18.9 Å². The Hall–Kier alpha value is -1.58. The topological polar surface area (TPSA) is 72.2 Å². The van der Waals surface area contributed by atoms with Crippen LogP contribution in [0.5, 0.6) is 0 Å². The first kappa shape index (κ1) is 44.4. The monoisotopic (exact) mass is 645 g/mol. The molecule has 0 heterocycles. The molecule has 4 nitrogen and oxygen atoms in total. The van der Waals surface area contributed by atoms with Gasteiger partial charge in [0.2, 0.25) is 11.8 Å². The van der Waals surface area contributed by atoms with Gasteiger partial charge >= 0.3 is 0 Å². The lowest BCUT2D eigenvalue weighted by atomic mass is 9.96. The number of hydrogen-bond donors (Lipinski definition) is 2. The molecule has 0 aromatic carbocycles. The van der Waals surface area contributed by atoms with Crippen molar-refractivity contribution in [2.75, 3.05) is 6.54 Å². The van der Waals surface area contributed by atoms with Gasteiger partial charge in [-0.05, 0) is 70.6 Å². The molecule has 270 valence electrons. The Balaban J connectivity index is 3.54. The lowest BCUT2D eigenvalue weighted by molar-refractivity contribution is -0.123. The SMILES string of the molecule is CCCCCCCCC=CCCCCCCCCCCC(CCNC(=O)CCCCCCCC=CCCCCCCCC)C(N)=O. The van der Waals surface area contributed by atoms with E-state index in [1.807, 2.05) is 0 Å². The van der Waals surface area contributed by atoms with E-state index in [-0.39, 0.29) is 17.7 Å². The molecular weight excluding hydrogens is 564 g/mol. The average Bonchev–Trinajstić information content (AvgIpc) is 3.05. The molecule has 0 aromatic rings. The normalized spacial score (nSPS) is 12.4. The predicted octanol–water partition coefficient (Wildman–Crippen LogP) is 12.8. The Morgan fingerprint density at radius 1 is 0.478 bits per heavy atom. The fourth-order valence-corrected chi connectivity index (χ4v) is 6.25. The van der Waals surface area contributed by atoms with Crippen LogP contribution in [0, 0.1) is 5.92 Å². The lowest BCUT2D eigenvalue weighted by Gasteiger charge is -2.14. The van der Waals surface area contributed by atoms with Crippen LogP contribution in [0.1, 0.15) is 219 Å². The molecule has 0 spiro atoms. The Labute approximate surface area is 288 Å². The molecule has 0 bridgehead atoms. The summed E-state index contributed by atoms with van der Waals surface area (Å²) in [6.07, 6.45) is 48.9. The maximum absolute atomic E-state index is 12.2. The summed E-state index contributed by atoms with van der Waals surface area (Å²) in [6.45, 7) is 5.11. The number of rotatable bonds is 37. The molecule has 1 atom stereocenters. The van der Waals surface area contributed by atoms with Crippen LogP contribution in [-0.4, -0.2) is 18.4 Å². The zero-order chi connectivity index (χ0) is 33.6. The van der Waals surface area contributed by atoms with Crippen LogP contribution in [0.15, 0.2) is 24.3 Å². The highest BCUT2D eigenvalue weighted by molar-refractivity contribution is 5.77. The Bertz CT molecular complexity index is 702. The van der Waals surface area contributed by atoms with Crippen molar-refractivity contribution in [3.8, 4) is 0 Å². The number of hydrogen-bond acceptors (Lipinski definition) is 2. The van der Waals surface area contributed by atoms with Crippen molar-refractivity contribution in [2.24, 2.45) is 11.7 Å². The first-order valence-electron chi connectivity index (χ1n) is 20.5. The van der Waals surface area contributed by atoms with Gasteiger partial charge in [0.1, 0.15) is 0 Å². The van der Waals surface area contributed by atoms with E-state index in [2.05, 4.69) is 43.5 Å². The molecule has 0 aliphatic heterocycles. The Morgan fingerprint density at radius 3 is 1.22 bits per heavy atom. The van der Waals surface area contributed by atoms with Gasteiger partial charge in [-0.3, -0.25) is 9.59 Å². The molecule has 0 aliphatic carbocycles. The van der Waals surface area contributed by atoms with Crippen LogP contribution >= 0.6 is 0 Å². The van der Waals surface area contributed by atoms with Gasteiger partial charge in [-0.25, -0.2) is 0 Å². The highest BCUT2D eigenvalue weighted by Gasteiger charge is 2.15. The van der Waals surface area contributed by atoms with Crippen molar-refractivity contribution >= 4 is 11.8 Å². The standard InChI is InChI=1S/C42H80N2O2/c1-3-5-7-9-11-13-15-17-19-20-21-23-24-26-28-30-32-34-36-40(42(43)46)38-39-44-41(45)37-35-33-31-29-27-25-22-18-16-14-12-10-8-6-4-2/h17-19,22,40H,3-16,20-21,23-39H2,1-2H3,(H2,43,46)(H,44,45). The number of nitrogens with one attached hydrogen (secondary N) is 1. The number of carbonyl (C=O) groups is 2. The molecule has 0 fully saturated rings. The number of allylic oxidation sites excluding steroid dienone is 4. The molecular formula is C42H80N2O2. The second kappa shape index (κ2) is 37.9. The molecule has 2 amide bonds. The molecule has 4 heteroatoms. The maximum Gasteiger partial charge on any atom is 0.220 e. The lowest BCUT2D eigenvalue weighted by Crippen LogP contribution is -2.30. The van der Waals surface area contributed by atoms with E-state index in [4.69, 9.17) is 5.73 Å². The van der Waals surface area contributed by atoms with E-state index >= 15 is 0 Å². The second-order valence-electron chi connectivity index (χ2n) is 14.0. The minimum absolute atomic E-state index is 0.116. The van der Waals surface area contributed by atoms with Crippen LogP contribution in [-0.2, 0) is 9.59 Å². The zero-order valence-corrected chi connectivity index (χ0v) is 31.1. The van der Waals surface area contributed by atoms with Crippen LogP contribution in [0.3, 0.4) is 0 Å². The summed E-state index contributed by atoms with van der Waals surface area (Å²) in [6, 6.07) is 0. The smallest absolute Gasteiger partial charge is 0.220 e. The third-order valence-electron chi connectivity index (χ3n) is 9.45. The van der Waals surface area contributed by atoms with E-state index in [1.165, 1.54) is 167 Å². The molecule has 3 N–H and O–H groups in total. The van der Waals surface area contributed by atoms with Crippen molar-refractivity contribution in [2.45, 2.75) is 219 Å². The van der Waals surface area contributed by atoms with Crippen molar-refractivity contribution in [1.29, 1.82) is 0 Å². The summed E-state index contributed by atoms with van der Waals surface area (Å²) in [7, 11) is 0. The maximum atomic E-state index is 12.2. The van der Waals surface area contributed by atoms with Crippen molar-refractivity contribution < 1.29 is 9.59 Å². The quantitative estimate of drug-likeness (QED) is 0.0521. The Kier molecular flexibility index (Phi) is 36.6. The predicted molar refractivity (Wildman–Crippen MR) is 203 cm³/mol. The van der Waals surface area contributed by atoms with Gasteiger partial charge < -0.3 is 11.1 Å². The summed E-state index contributed by atoms with van der Waals surface area (Å²) in [5.74, 6) is -0.216. The summed E-state index contributed by atoms with van der Waals surface area (Å²) in [5, 5.41) is 3.02. The van der Waals surface area contributed by atoms with E-state index in [9.17, 15) is 9.59 Å². The number of primary amides is 1. The first-order chi connectivity index (χ1) is 22.6. The zero-order valence-electron chi connectivity index (χ0n) is 31.1. The van der Waals surface area contributed by atoms with E-state index in [0.29, 0.717) is 19.4 Å². The van der Waals surface area contributed by atoms with Crippen molar-refractivity contribution in [3.05, 3.63) is 24.3 Å². The fourth-order valence-electron chi connectivity index (χ4n) is 6.25. The number of amides is 2. The number of carbonyl (C=O) groups excluding carboxylic acids is 2. The fraction of sp³-hybridized carbons (Fsp3) is 0.857. The molecule has 1 unspecified atom stereocenters. The Morgan fingerprint density at radius 2 is 0.826 bits per heavy atom. The third-order valence-corrected chi connectivity index (χ3v) is 9.45. The van der Waals surface area contributed by atoms with Gasteiger partial charge in [0.05, 0.1) is 0 Å². The first-order valence-corrected chi connectivity index (χ1v) is 20.5. The average molecular weight is 645 g/mol. The second-order valence-corrected chi connectivity index (χ2v) is 14.0. The molecule has 0 radical (unpaired) electrons. The van der Waals surface area contributed by atoms with Gasteiger partial charge in [0.15, 0.2) is 0 Å². The van der Waals surface area contributed by atoms with Crippen LogP contribution in [0.4, 0.5) is 0 Å². The minimum Gasteiger partial charge on any atom is -0.369 e. The third kappa shape index (κ3) is 35.3. The largest absolute Gasteiger partial charge is 0.369 e. The molecule has 0 rings (SSSR count). The van der Waals surface area contributed by atoms with Crippen LogP contribution < -0.4 is 11.1 Å². The molecule has 0 saturated heterocycles. The highest BCUT2D eigenvalue weighted by Crippen LogP contribution is 2.16. The number of nitrogens with two attached hydrogens (primary N) is 1. The summed E-state index contributed by atoms with van der Waals surface area (Å²) < 4.78 is 0. The van der Waals surface area contributed by atoms with Crippen LogP contribution in [0.2, 0.25) is 0 Å². The van der Waals surface area contributed by atoms with Gasteiger partial charge in [0.25, 0.3) is 0 Å². The molecule has 0 aromatic heterocycles. The summed E-state index contributed by atoms with van der Waals surface area (Å²) in [5.41, 5.74) is 5.67. The van der Waals surface area contributed by atoms with E-state index < -0.39 is 0 Å². The van der Waals surface area contributed by atoms with Gasteiger partial charge in [-0.2, -0.15) is 0 Å². The van der Waals surface area contributed by atoms with Crippen molar-refractivity contribution in [3.63, 3.8) is 0 Å². The number of unbranched alkanes of at least 4 members (excludes halogenated alkanes) is 25. The van der Waals surface area contributed by atoms with Gasteiger partial charge in [-0.1, -0.05) is 167 Å².